The van der Waals surface area contributed by atoms with Crippen LogP contribution in [-0.2, 0) is 6.54 Å². The maximum Gasteiger partial charge on any atom is 0.0641 e. The SMILES string of the molecule is Cc1ccccc1[C@@H]1[C@@H]2CN(Cc3c(C)nn(C(C)C)c3C)C[C@@H]2CN1C.Cl.Cl. The predicted molar refractivity (Wildman–Crippen MR) is 125 cm³/mol. The topological polar surface area (TPSA) is 24.3 Å². The second-order valence-electron chi connectivity index (χ2n) is 9.05. The Labute approximate surface area is 188 Å². The molecule has 2 aromatic rings. The summed E-state index contributed by atoms with van der Waals surface area (Å²) in [7, 11) is 2.31. The van der Waals surface area contributed by atoms with E-state index in [9.17, 15) is 0 Å². The fourth-order valence-electron chi connectivity index (χ4n) is 5.52. The molecule has 0 saturated carbocycles. The monoisotopic (exact) mass is 438 g/mol. The number of aromatic nitrogens is 2. The van der Waals surface area contributed by atoms with Crippen LogP contribution in [0.2, 0.25) is 0 Å². The zero-order valence-corrected chi connectivity index (χ0v) is 20.2. The highest BCUT2D eigenvalue weighted by Crippen LogP contribution is 2.45. The Balaban J connectivity index is 0.00000150. The summed E-state index contributed by atoms with van der Waals surface area (Å²) in [5.74, 6) is 1.51. The highest BCUT2D eigenvalue weighted by Gasteiger charge is 2.46. The third-order valence-electron chi connectivity index (χ3n) is 6.82. The Morgan fingerprint density at radius 1 is 1.03 bits per heavy atom. The summed E-state index contributed by atoms with van der Waals surface area (Å²) in [6.45, 7) is 15.8. The molecular formula is C23H36Cl2N4. The second-order valence-corrected chi connectivity index (χ2v) is 9.05. The van der Waals surface area contributed by atoms with Crippen molar-refractivity contribution in [3.8, 4) is 0 Å². The number of likely N-dealkylation sites (tertiary alicyclic amines) is 2. The molecule has 0 aliphatic carbocycles. The van der Waals surface area contributed by atoms with Crippen LogP contribution < -0.4 is 0 Å². The van der Waals surface area contributed by atoms with Crippen molar-refractivity contribution in [2.24, 2.45) is 11.8 Å². The van der Waals surface area contributed by atoms with Gasteiger partial charge in [0.2, 0.25) is 0 Å². The highest BCUT2D eigenvalue weighted by molar-refractivity contribution is 5.85. The van der Waals surface area contributed by atoms with Crippen LogP contribution in [0.5, 0.6) is 0 Å². The van der Waals surface area contributed by atoms with Gasteiger partial charge in [-0.1, -0.05) is 24.3 Å². The van der Waals surface area contributed by atoms with E-state index in [1.54, 1.807) is 0 Å². The molecule has 2 fully saturated rings. The van der Waals surface area contributed by atoms with Crippen molar-refractivity contribution in [2.45, 2.75) is 53.2 Å². The average molecular weight is 439 g/mol. The lowest BCUT2D eigenvalue weighted by atomic mass is 9.88. The van der Waals surface area contributed by atoms with Gasteiger partial charge in [0.1, 0.15) is 0 Å². The van der Waals surface area contributed by atoms with Gasteiger partial charge in [0, 0.05) is 49.5 Å². The summed E-state index contributed by atoms with van der Waals surface area (Å²) in [5.41, 5.74) is 6.93. The average Bonchev–Trinajstić information content (AvgIpc) is 3.22. The number of rotatable bonds is 4. The molecule has 0 radical (unpaired) electrons. The number of hydrogen-bond acceptors (Lipinski definition) is 3. The number of fused-ring (bicyclic) bond motifs is 1. The molecule has 0 amide bonds. The van der Waals surface area contributed by atoms with E-state index in [1.165, 1.54) is 47.7 Å². The molecule has 4 rings (SSSR count). The fourth-order valence-corrected chi connectivity index (χ4v) is 5.52. The standard InChI is InChI=1S/C23H34N4.2ClH/c1-15(2)27-18(5)21(17(4)24-27)13-26-12-19-11-25(6)23(22(19)14-26)20-10-8-7-9-16(20)3;;/h7-10,15,19,22-23H,11-14H2,1-6H3;2*1H/t19-,22+,23+;;/m0../s1. The van der Waals surface area contributed by atoms with E-state index >= 15 is 0 Å². The first kappa shape index (κ1) is 24.2. The van der Waals surface area contributed by atoms with E-state index in [1.807, 2.05) is 0 Å². The third kappa shape index (κ3) is 4.36. The minimum Gasteiger partial charge on any atom is -0.299 e. The molecule has 6 heteroatoms. The molecule has 4 nitrogen and oxygen atoms in total. The molecule has 29 heavy (non-hydrogen) atoms. The Morgan fingerprint density at radius 2 is 1.72 bits per heavy atom. The molecule has 162 valence electrons. The molecule has 1 aromatic carbocycles. The first-order valence-electron chi connectivity index (χ1n) is 10.4. The molecule has 2 aliphatic heterocycles. The first-order valence-corrected chi connectivity index (χ1v) is 10.4. The van der Waals surface area contributed by atoms with Gasteiger partial charge in [0.15, 0.2) is 0 Å². The van der Waals surface area contributed by atoms with Crippen molar-refractivity contribution in [1.82, 2.24) is 19.6 Å². The van der Waals surface area contributed by atoms with Gasteiger partial charge in [0.05, 0.1) is 5.69 Å². The lowest BCUT2D eigenvalue weighted by molar-refractivity contribution is 0.223. The maximum absolute atomic E-state index is 4.79. The van der Waals surface area contributed by atoms with Crippen LogP contribution in [0.4, 0.5) is 0 Å². The van der Waals surface area contributed by atoms with Crippen LogP contribution in [-0.4, -0.2) is 46.3 Å². The van der Waals surface area contributed by atoms with Crippen molar-refractivity contribution < 1.29 is 0 Å². The highest BCUT2D eigenvalue weighted by atomic mass is 35.5. The minimum atomic E-state index is 0. The zero-order chi connectivity index (χ0) is 19.3. The summed E-state index contributed by atoms with van der Waals surface area (Å²) in [5, 5.41) is 4.79. The Bertz CT molecular complexity index is 832. The minimum absolute atomic E-state index is 0. The lowest BCUT2D eigenvalue weighted by Gasteiger charge is -2.28. The number of aryl methyl sites for hydroxylation is 2. The molecular weight excluding hydrogens is 403 g/mol. The van der Waals surface area contributed by atoms with Crippen LogP contribution in [0.1, 0.15) is 54.0 Å². The Kier molecular flexibility index (Phi) is 7.83. The van der Waals surface area contributed by atoms with Gasteiger partial charge in [-0.2, -0.15) is 5.10 Å². The van der Waals surface area contributed by atoms with Crippen LogP contribution >= 0.6 is 24.8 Å². The summed E-state index contributed by atoms with van der Waals surface area (Å²) in [4.78, 5) is 5.26. The number of benzene rings is 1. The third-order valence-corrected chi connectivity index (χ3v) is 6.82. The van der Waals surface area contributed by atoms with Gasteiger partial charge in [-0.3, -0.25) is 14.5 Å². The summed E-state index contributed by atoms with van der Waals surface area (Å²) < 4.78 is 2.19. The number of hydrogen-bond donors (Lipinski definition) is 0. The summed E-state index contributed by atoms with van der Waals surface area (Å²) in [6.07, 6.45) is 0. The molecule has 3 heterocycles. The van der Waals surface area contributed by atoms with Gasteiger partial charge in [-0.05, 0) is 64.6 Å². The zero-order valence-electron chi connectivity index (χ0n) is 18.6. The van der Waals surface area contributed by atoms with Gasteiger partial charge < -0.3 is 0 Å². The van der Waals surface area contributed by atoms with Gasteiger partial charge >= 0.3 is 0 Å². The summed E-state index contributed by atoms with van der Waals surface area (Å²) >= 11 is 0. The fraction of sp³-hybridized carbons (Fsp3) is 0.609. The van der Waals surface area contributed by atoms with Gasteiger partial charge in [-0.25, -0.2) is 0 Å². The smallest absolute Gasteiger partial charge is 0.0641 e. The van der Waals surface area contributed by atoms with E-state index in [0.717, 1.165) is 18.4 Å². The van der Waals surface area contributed by atoms with Crippen molar-refractivity contribution in [2.75, 3.05) is 26.7 Å². The van der Waals surface area contributed by atoms with E-state index < -0.39 is 0 Å². The van der Waals surface area contributed by atoms with Crippen LogP contribution in [0.25, 0.3) is 0 Å². The molecule has 1 aromatic heterocycles. The number of halogens is 2. The van der Waals surface area contributed by atoms with E-state index in [4.69, 9.17) is 5.10 Å². The van der Waals surface area contributed by atoms with Crippen LogP contribution in [0, 0.1) is 32.6 Å². The summed E-state index contributed by atoms with van der Waals surface area (Å²) in [6, 6.07) is 9.93. The quantitative estimate of drug-likeness (QED) is 0.673. The molecule has 0 spiro atoms. The molecule has 2 saturated heterocycles. The molecule has 0 unspecified atom stereocenters. The van der Waals surface area contributed by atoms with Crippen LogP contribution in [0.15, 0.2) is 24.3 Å². The lowest BCUT2D eigenvalue weighted by Crippen LogP contribution is -2.29. The largest absolute Gasteiger partial charge is 0.299 e. The normalized spacial score (nSPS) is 24.4. The molecule has 0 bridgehead atoms. The molecule has 2 aliphatic rings. The van der Waals surface area contributed by atoms with Gasteiger partial charge in [-0.15, -0.1) is 24.8 Å². The van der Waals surface area contributed by atoms with Crippen LogP contribution in [0.3, 0.4) is 0 Å². The van der Waals surface area contributed by atoms with Crippen molar-refractivity contribution in [3.63, 3.8) is 0 Å². The maximum atomic E-state index is 4.79. The number of nitrogens with zero attached hydrogens (tertiary/aromatic N) is 4. The van der Waals surface area contributed by atoms with E-state index in [0.29, 0.717) is 12.1 Å². The molecule has 0 N–H and O–H groups in total. The predicted octanol–water partition coefficient (Wildman–Crippen LogP) is 4.97. The van der Waals surface area contributed by atoms with E-state index in [2.05, 4.69) is 80.4 Å². The second kappa shape index (κ2) is 9.38. The Morgan fingerprint density at radius 3 is 2.34 bits per heavy atom. The first-order chi connectivity index (χ1) is 12.9. The molecule has 3 atom stereocenters. The van der Waals surface area contributed by atoms with Crippen molar-refractivity contribution >= 4 is 24.8 Å². The van der Waals surface area contributed by atoms with E-state index in [-0.39, 0.29) is 24.8 Å². The van der Waals surface area contributed by atoms with Gasteiger partial charge in [0.25, 0.3) is 0 Å². The Hall–Kier alpha value is -1.07. The van der Waals surface area contributed by atoms with Crippen molar-refractivity contribution in [3.05, 3.63) is 52.3 Å². The van der Waals surface area contributed by atoms with Crippen molar-refractivity contribution in [1.29, 1.82) is 0 Å².